The Morgan fingerprint density at radius 2 is 1.71 bits per heavy atom. The molecule has 1 unspecified atom stereocenters. The van der Waals surface area contributed by atoms with E-state index >= 15 is 0 Å². The molecule has 1 fully saturated rings. The third-order valence-corrected chi connectivity index (χ3v) is 6.43. The van der Waals surface area contributed by atoms with Gasteiger partial charge >= 0.3 is 51.4 Å². The maximum Gasteiger partial charge on any atom is 1.00 e. The van der Waals surface area contributed by atoms with Crippen LogP contribution < -0.4 is 62.0 Å². The van der Waals surface area contributed by atoms with E-state index in [9.17, 15) is 19.2 Å². The molecular weight excluding hydrogens is 475 g/mol. The van der Waals surface area contributed by atoms with E-state index in [4.69, 9.17) is 5.11 Å². The number of imide groups is 1. The molecule has 10 heteroatoms. The number of aliphatic hydroxyl groups excluding tert-OH is 1. The maximum absolute atomic E-state index is 13.1. The zero-order valence-electron chi connectivity index (χ0n) is 20.6. The number of hydrogen-bond donors (Lipinski definition) is 3. The second-order valence-corrected chi connectivity index (χ2v) is 8.76. The maximum atomic E-state index is 13.1. The van der Waals surface area contributed by atoms with Crippen molar-refractivity contribution < 1.29 is 75.7 Å². The topological polar surface area (TPSA) is 130 Å². The van der Waals surface area contributed by atoms with E-state index in [0.29, 0.717) is 50.9 Å². The molecule has 184 valence electrons. The van der Waals surface area contributed by atoms with Crippen molar-refractivity contribution in [3.8, 4) is 0 Å². The molecule has 0 bridgehead atoms. The molecular formula is C25H33KN4O5. The minimum Gasteiger partial charge on any atom is -0.665 e. The first kappa shape index (κ1) is 29.7. The minimum atomic E-state index is -1.05. The number of unbranched alkanes of at least 4 members (excludes halogenated alkanes) is 2. The van der Waals surface area contributed by atoms with Crippen LogP contribution in [0.4, 0.5) is 5.69 Å². The van der Waals surface area contributed by atoms with Gasteiger partial charge < -0.3 is 21.1 Å². The van der Waals surface area contributed by atoms with E-state index in [0.717, 1.165) is 18.4 Å². The molecule has 1 aromatic rings. The predicted molar refractivity (Wildman–Crippen MR) is 127 cm³/mol. The summed E-state index contributed by atoms with van der Waals surface area (Å²) in [5.41, 5.74) is 0.435. The summed E-state index contributed by atoms with van der Waals surface area (Å²) in [6.45, 7) is 2.69. The number of nitrogens with zero attached hydrogens (tertiary/aromatic N) is 2. The Balaban J connectivity index is 0.00000432. The largest absolute Gasteiger partial charge is 1.00 e. The zero-order chi connectivity index (χ0) is 24.6. The summed E-state index contributed by atoms with van der Waals surface area (Å²) in [7, 11) is 0. The Morgan fingerprint density at radius 3 is 2.26 bits per heavy atom. The molecule has 3 N–H and O–H groups in total. The average Bonchev–Trinajstić information content (AvgIpc) is 3.12. The molecule has 1 heterocycles. The summed E-state index contributed by atoms with van der Waals surface area (Å²) < 4.78 is 0. The van der Waals surface area contributed by atoms with Gasteiger partial charge in [0, 0.05) is 25.2 Å². The van der Waals surface area contributed by atoms with Crippen molar-refractivity contribution in [3.63, 3.8) is 0 Å². The van der Waals surface area contributed by atoms with Gasteiger partial charge in [-0.3, -0.25) is 24.1 Å². The third kappa shape index (κ3) is 7.71. The van der Waals surface area contributed by atoms with Crippen molar-refractivity contribution in [2.45, 2.75) is 64.6 Å². The first-order chi connectivity index (χ1) is 16.4. The summed E-state index contributed by atoms with van der Waals surface area (Å²) in [5.74, 6) is -1.11. The van der Waals surface area contributed by atoms with E-state index < -0.39 is 11.6 Å². The zero-order valence-corrected chi connectivity index (χ0v) is 23.7. The van der Waals surface area contributed by atoms with Crippen LogP contribution in [-0.2, 0) is 25.8 Å². The molecule has 1 aliphatic carbocycles. The second kappa shape index (κ2) is 14.2. The van der Waals surface area contributed by atoms with Crippen LogP contribution in [0.25, 0.3) is 5.32 Å². The van der Waals surface area contributed by atoms with Gasteiger partial charge in [-0.05, 0) is 43.8 Å². The molecule has 9 nitrogen and oxygen atoms in total. The molecule has 0 radical (unpaired) electrons. The summed E-state index contributed by atoms with van der Waals surface area (Å²) in [6.07, 6.45) is 6.65. The normalized spacial score (nSPS) is 16.8. The fourth-order valence-corrected chi connectivity index (χ4v) is 4.06. The fourth-order valence-electron chi connectivity index (χ4n) is 4.06. The molecule has 4 amide bonds. The number of aliphatic hydroxyl groups is 1. The van der Waals surface area contributed by atoms with E-state index in [1.807, 2.05) is 6.92 Å². The van der Waals surface area contributed by atoms with Crippen LogP contribution in [0.2, 0.25) is 0 Å². The molecule has 0 aromatic heterocycles. The standard InChI is InChI=1S/C25H33N4O5.K/c1-2-20(27-19-9-7-18(17-30)8-10-19)28-24(34)25(13-6-14-25)23(33)26-15-4-3-5-16-29-21(31)11-12-22(29)32;/h7-12,20,30H,2-6,13-17H2,1H3,(H,26,33)(H,28,34);/q-1;+1. The third-order valence-electron chi connectivity index (χ3n) is 6.43. The van der Waals surface area contributed by atoms with Gasteiger partial charge in [0.1, 0.15) is 5.41 Å². The summed E-state index contributed by atoms with van der Waals surface area (Å²) >= 11 is 0. The predicted octanol–water partition coefficient (Wildman–Crippen LogP) is -0.578. The van der Waals surface area contributed by atoms with Crippen LogP contribution in [0, 0.1) is 5.41 Å². The first-order valence-corrected chi connectivity index (χ1v) is 11.9. The fraction of sp³-hybridized carbons (Fsp3) is 0.520. The number of amides is 4. The second-order valence-electron chi connectivity index (χ2n) is 8.76. The Hall–Kier alpha value is -1.56. The van der Waals surface area contributed by atoms with Gasteiger partial charge in [0.25, 0.3) is 11.8 Å². The number of benzene rings is 1. The smallest absolute Gasteiger partial charge is 0.665 e. The van der Waals surface area contributed by atoms with Gasteiger partial charge in [-0.1, -0.05) is 44.0 Å². The molecule has 2 aliphatic rings. The Kier molecular flexibility index (Phi) is 12.1. The van der Waals surface area contributed by atoms with Gasteiger partial charge in [0.15, 0.2) is 0 Å². The van der Waals surface area contributed by atoms with E-state index in [2.05, 4.69) is 16.0 Å². The molecule has 1 aliphatic heterocycles. The van der Waals surface area contributed by atoms with Crippen molar-refractivity contribution in [1.29, 1.82) is 0 Å². The monoisotopic (exact) mass is 508 g/mol. The van der Waals surface area contributed by atoms with Crippen LogP contribution in [0.1, 0.15) is 57.4 Å². The van der Waals surface area contributed by atoms with Crippen LogP contribution in [-0.4, -0.2) is 52.9 Å². The van der Waals surface area contributed by atoms with Crippen LogP contribution in [0.15, 0.2) is 36.4 Å². The van der Waals surface area contributed by atoms with E-state index in [1.165, 1.54) is 17.1 Å². The quantitative estimate of drug-likeness (QED) is 0.142. The molecule has 1 atom stereocenters. The molecule has 3 rings (SSSR count). The molecule has 35 heavy (non-hydrogen) atoms. The van der Waals surface area contributed by atoms with Crippen molar-refractivity contribution in [2.24, 2.45) is 5.41 Å². The SMILES string of the molecule is CCC([N-]c1ccc(CO)cc1)NC(=O)C1(C(=O)NCCCCCN2C(=O)C=CC2=O)CCC1.[K+]. The van der Waals surface area contributed by atoms with Gasteiger partial charge in [0.2, 0.25) is 11.8 Å². The Bertz CT molecular complexity index is 912. The van der Waals surface area contributed by atoms with E-state index in [1.54, 1.807) is 24.3 Å². The molecule has 1 saturated carbocycles. The van der Waals surface area contributed by atoms with Gasteiger partial charge in [-0.25, -0.2) is 0 Å². The first-order valence-electron chi connectivity index (χ1n) is 11.9. The molecule has 0 saturated heterocycles. The van der Waals surface area contributed by atoms with Crippen molar-refractivity contribution >= 4 is 29.3 Å². The Labute approximate surface area is 248 Å². The van der Waals surface area contributed by atoms with Gasteiger partial charge in [0.05, 0.1) is 6.61 Å². The number of hydrogen-bond acceptors (Lipinski definition) is 5. The number of carbonyl (C=O) groups is 4. The summed E-state index contributed by atoms with van der Waals surface area (Å²) in [4.78, 5) is 50.2. The van der Waals surface area contributed by atoms with Crippen LogP contribution in [0.5, 0.6) is 0 Å². The van der Waals surface area contributed by atoms with Gasteiger partial charge in [-0.2, -0.15) is 0 Å². The minimum absolute atomic E-state index is 0. The number of nitrogens with one attached hydrogen (secondary N) is 2. The van der Waals surface area contributed by atoms with Gasteiger partial charge in [-0.15, -0.1) is 5.69 Å². The van der Waals surface area contributed by atoms with Crippen molar-refractivity contribution in [3.05, 3.63) is 47.3 Å². The number of carbonyl (C=O) groups excluding carboxylic acids is 4. The molecule has 0 spiro atoms. The van der Waals surface area contributed by atoms with E-state index in [-0.39, 0.29) is 81.6 Å². The Morgan fingerprint density at radius 1 is 1.06 bits per heavy atom. The average molecular weight is 509 g/mol. The number of rotatable bonds is 13. The molecule has 1 aromatic carbocycles. The summed E-state index contributed by atoms with van der Waals surface area (Å²) in [5, 5.41) is 19.5. The van der Waals surface area contributed by atoms with Crippen molar-refractivity contribution in [2.75, 3.05) is 13.1 Å². The summed E-state index contributed by atoms with van der Waals surface area (Å²) in [6, 6.07) is 7.15. The van der Waals surface area contributed by atoms with Crippen molar-refractivity contribution in [1.82, 2.24) is 15.5 Å². The van der Waals surface area contributed by atoms with Crippen LogP contribution in [0.3, 0.4) is 0 Å². The van der Waals surface area contributed by atoms with Crippen LogP contribution >= 0.6 is 0 Å².